The molecule has 0 aliphatic carbocycles. The standard InChI is InChI=1S/C12H12N/c1-3-8-13-10(2)9-11-6-4-5-7-12(11)13/h3-7,9H,1-2,8H2/q+1. The fraction of sp³-hybridized carbons (Fsp3) is 0.0833. The second-order valence-electron chi connectivity index (χ2n) is 3.09. The Bertz CT molecular complexity index is 480. The van der Waals surface area contributed by atoms with Crippen molar-refractivity contribution in [2.24, 2.45) is 0 Å². The van der Waals surface area contributed by atoms with Crippen molar-refractivity contribution in [2.75, 3.05) is 6.54 Å². The second kappa shape index (κ2) is 3.02. The van der Waals surface area contributed by atoms with E-state index >= 15 is 0 Å². The molecule has 1 aromatic carbocycles. The van der Waals surface area contributed by atoms with Crippen LogP contribution in [0.2, 0.25) is 0 Å². The molecular formula is C12H12N+. The molecule has 0 saturated carbocycles. The molecule has 13 heavy (non-hydrogen) atoms. The first-order chi connectivity index (χ1) is 6.33. The van der Waals surface area contributed by atoms with Crippen LogP contribution in [0.3, 0.4) is 0 Å². The van der Waals surface area contributed by atoms with E-state index in [-0.39, 0.29) is 0 Å². The van der Waals surface area contributed by atoms with E-state index in [2.05, 4.69) is 35.9 Å². The molecule has 0 fully saturated rings. The molecule has 2 rings (SSSR count). The van der Waals surface area contributed by atoms with E-state index in [1.54, 1.807) is 0 Å². The molecule has 1 aromatic rings. The van der Waals surface area contributed by atoms with Crippen LogP contribution in [0, 0.1) is 0 Å². The minimum Gasteiger partial charge on any atom is -0.189 e. The van der Waals surface area contributed by atoms with Gasteiger partial charge < -0.3 is 0 Å². The van der Waals surface area contributed by atoms with Crippen molar-refractivity contribution in [3.05, 3.63) is 59.8 Å². The smallest absolute Gasteiger partial charge is 0.189 e. The maximum Gasteiger partial charge on any atom is 0.213 e. The fourth-order valence-electron chi connectivity index (χ4n) is 1.61. The van der Waals surface area contributed by atoms with E-state index in [4.69, 9.17) is 0 Å². The van der Waals surface area contributed by atoms with E-state index < -0.39 is 0 Å². The molecule has 0 unspecified atom stereocenters. The lowest BCUT2D eigenvalue weighted by Gasteiger charge is -1.92. The van der Waals surface area contributed by atoms with Crippen molar-refractivity contribution < 1.29 is 0 Å². The van der Waals surface area contributed by atoms with Gasteiger partial charge in [0.15, 0.2) is 12.2 Å². The highest BCUT2D eigenvalue weighted by Crippen LogP contribution is 1.95. The van der Waals surface area contributed by atoms with E-state index in [0.29, 0.717) is 0 Å². The predicted octanol–water partition coefficient (Wildman–Crippen LogP) is 0.672. The van der Waals surface area contributed by atoms with Crippen molar-refractivity contribution in [1.29, 1.82) is 0 Å². The van der Waals surface area contributed by atoms with E-state index in [1.807, 2.05) is 18.2 Å². The van der Waals surface area contributed by atoms with Gasteiger partial charge in [-0.25, -0.2) is 0 Å². The summed E-state index contributed by atoms with van der Waals surface area (Å²) in [5.41, 5.74) is 1.04. The molecule has 1 aliphatic heterocycles. The first kappa shape index (κ1) is 7.99. The van der Waals surface area contributed by atoms with Crippen LogP contribution in [0.4, 0.5) is 0 Å². The summed E-state index contributed by atoms with van der Waals surface area (Å²) in [5, 5.41) is 2.47. The maximum absolute atomic E-state index is 3.99. The molecule has 0 saturated heterocycles. The van der Waals surface area contributed by atoms with Crippen LogP contribution in [0.25, 0.3) is 6.08 Å². The summed E-state index contributed by atoms with van der Waals surface area (Å²) in [7, 11) is 0. The van der Waals surface area contributed by atoms with Gasteiger partial charge in [-0.2, -0.15) is 4.58 Å². The van der Waals surface area contributed by atoms with Gasteiger partial charge in [-0.15, -0.1) is 0 Å². The summed E-state index contributed by atoms with van der Waals surface area (Å²) in [6.45, 7) is 8.55. The molecule has 0 amide bonds. The number of hydrogen-bond donors (Lipinski definition) is 0. The summed E-state index contributed by atoms with van der Waals surface area (Å²) < 4.78 is 2.16. The minimum atomic E-state index is 0.826. The number of rotatable bonds is 2. The third-order valence-corrected chi connectivity index (χ3v) is 2.21. The molecule has 0 radical (unpaired) electrons. The Balaban J connectivity index is 2.76. The van der Waals surface area contributed by atoms with Gasteiger partial charge in [-0.3, -0.25) is 0 Å². The van der Waals surface area contributed by atoms with Crippen LogP contribution in [0.15, 0.2) is 49.2 Å². The molecule has 0 bridgehead atoms. The third kappa shape index (κ3) is 1.22. The Morgan fingerprint density at radius 3 is 2.85 bits per heavy atom. The maximum atomic E-state index is 3.99. The van der Waals surface area contributed by atoms with Gasteiger partial charge in [0, 0.05) is 12.1 Å². The van der Waals surface area contributed by atoms with Crippen molar-refractivity contribution >= 4 is 6.08 Å². The molecule has 1 heterocycles. The Kier molecular flexibility index (Phi) is 1.85. The molecular weight excluding hydrogens is 158 g/mol. The highest BCUT2D eigenvalue weighted by Gasteiger charge is 2.14. The van der Waals surface area contributed by atoms with E-state index in [0.717, 1.165) is 12.2 Å². The molecule has 1 nitrogen and oxygen atoms in total. The number of para-hydroxylation sites is 1. The van der Waals surface area contributed by atoms with Crippen molar-refractivity contribution in [2.45, 2.75) is 0 Å². The number of benzene rings is 1. The van der Waals surface area contributed by atoms with Gasteiger partial charge in [-0.1, -0.05) is 18.7 Å². The zero-order valence-corrected chi connectivity index (χ0v) is 7.53. The molecule has 64 valence electrons. The monoisotopic (exact) mass is 170 g/mol. The SMILES string of the molecule is C=CC[N+]1=c2ccccc2=CC1=C. The van der Waals surface area contributed by atoms with Crippen LogP contribution in [0.5, 0.6) is 0 Å². The zero-order chi connectivity index (χ0) is 9.26. The Hall–Kier alpha value is -1.63. The largest absolute Gasteiger partial charge is 0.213 e. The molecule has 1 aliphatic rings. The molecule has 1 heteroatoms. The van der Waals surface area contributed by atoms with Crippen LogP contribution in [-0.4, -0.2) is 6.54 Å². The Morgan fingerprint density at radius 1 is 1.31 bits per heavy atom. The van der Waals surface area contributed by atoms with E-state index in [9.17, 15) is 0 Å². The van der Waals surface area contributed by atoms with Crippen LogP contribution in [-0.2, 0) is 0 Å². The quantitative estimate of drug-likeness (QED) is 0.453. The normalized spacial score (nSPS) is 13.8. The minimum absolute atomic E-state index is 0.826. The van der Waals surface area contributed by atoms with Gasteiger partial charge in [0.05, 0.1) is 5.22 Å². The lowest BCUT2D eigenvalue weighted by atomic mass is 10.3. The lowest BCUT2D eigenvalue weighted by molar-refractivity contribution is 0.788. The second-order valence-corrected chi connectivity index (χ2v) is 3.09. The Morgan fingerprint density at radius 2 is 2.08 bits per heavy atom. The number of hydrogen-bond acceptors (Lipinski definition) is 0. The number of allylic oxidation sites excluding steroid dienone is 1. The summed E-state index contributed by atoms with van der Waals surface area (Å²) in [4.78, 5) is 0. The summed E-state index contributed by atoms with van der Waals surface area (Å²) in [6, 6.07) is 8.29. The van der Waals surface area contributed by atoms with Crippen molar-refractivity contribution in [3.8, 4) is 0 Å². The molecule has 0 spiro atoms. The summed E-state index contributed by atoms with van der Waals surface area (Å²) >= 11 is 0. The summed E-state index contributed by atoms with van der Waals surface area (Å²) in [5.74, 6) is 0. The average Bonchev–Trinajstić information content (AvgIpc) is 2.44. The predicted molar refractivity (Wildman–Crippen MR) is 55.6 cm³/mol. The molecule has 0 atom stereocenters. The first-order valence-electron chi connectivity index (χ1n) is 4.34. The van der Waals surface area contributed by atoms with Crippen LogP contribution < -0.4 is 15.2 Å². The van der Waals surface area contributed by atoms with E-state index in [1.165, 1.54) is 10.6 Å². The van der Waals surface area contributed by atoms with Crippen molar-refractivity contribution in [3.63, 3.8) is 0 Å². The van der Waals surface area contributed by atoms with Gasteiger partial charge in [0.2, 0.25) is 5.36 Å². The zero-order valence-electron chi connectivity index (χ0n) is 7.53. The van der Waals surface area contributed by atoms with Gasteiger partial charge >= 0.3 is 0 Å². The first-order valence-corrected chi connectivity index (χ1v) is 4.34. The highest BCUT2D eigenvalue weighted by molar-refractivity contribution is 5.48. The van der Waals surface area contributed by atoms with Gasteiger partial charge in [0.25, 0.3) is 0 Å². The van der Waals surface area contributed by atoms with Crippen molar-refractivity contribution in [1.82, 2.24) is 4.58 Å². The van der Waals surface area contributed by atoms with Crippen LogP contribution in [0.1, 0.15) is 0 Å². The van der Waals surface area contributed by atoms with Gasteiger partial charge in [-0.05, 0) is 18.7 Å². The highest BCUT2D eigenvalue weighted by atomic mass is 15.0. The number of fused-ring (bicyclic) bond motifs is 1. The average molecular weight is 170 g/mol. The third-order valence-electron chi connectivity index (χ3n) is 2.21. The Labute approximate surface area is 77.7 Å². The van der Waals surface area contributed by atoms with Gasteiger partial charge in [0.1, 0.15) is 0 Å². The lowest BCUT2D eigenvalue weighted by Crippen LogP contribution is -2.32. The number of nitrogens with zero attached hydrogens (tertiary/aromatic N) is 1. The van der Waals surface area contributed by atoms with Crippen LogP contribution >= 0.6 is 0 Å². The summed E-state index contributed by atoms with van der Waals surface area (Å²) in [6.07, 6.45) is 3.99. The fourth-order valence-corrected chi connectivity index (χ4v) is 1.61. The topological polar surface area (TPSA) is 3.01 Å². The molecule has 0 aromatic heterocycles. The molecule has 0 N–H and O–H groups in total.